The van der Waals surface area contributed by atoms with E-state index in [0.717, 1.165) is 23.6 Å². The molecule has 1 aromatic heterocycles. The molecule has 0 aliphatic carbocycles. The Balaban J connectivity index is 2.36. The van der Waals surface area contributed by atoms with Gasteiger partial charge >= 0.3 is 6.09 Å². The van der Waals surface area contributed by atoms with E-state index in [1.807, 2.05) is 34.6 Å². The number of nitrogens with zero attached hydrogens (tertiary/aromatic N) is 2. The first-order chi connectivity index (χ1) is 9.31. The molecule has 2 N–H and O–H groups in total. The van der Waals surface area contributed by atoms with Crippen molar-refractivity contribution < 1.29 is 9.53 Å². The summed E-state index contributed by atoms with van der Waals surface area (Å²) in [7, 11) is 0. The number of anilines is 1. The van der Waals surface area contributed by atoms with Gasteiger partial charge < -0.3 is 15.4 Å². The van der Waals surface area contributed by atoms with E-state index in [4.69, 9.17) is 4.74 Å². The van der Waals surface area contributed by atoms with Crippen LogP contribution in [0.5, 0.6) is 0 Å². The molecule has 1 aromatic rings. The zero-order valence-corrected chi connectivity index (χ0v) is 12.9. The van der Waals surface area contributed by atoms with Crippen molar-refractivity contribution in [3.63, 3.8) is 0 Å². The van der Waals surface area contributed by atoms with Crippen LogP contribution in [0.25, 0.3) is 0 Å². The van der Waals surface area contributed by atoms with E-state index in [1.54, 1.807) is 6.20 Å². The first kappa shape index (κ1) is 16.2. The van der Waals surface area contributed by atoms with Crippen LogP contribution in [0.4, 0.5) is 10.6 Å². The average molecular weight is 280 g/mol. The minimum Gasteiger partial charge on any atom is -0.444 e. The molecular weight excluding hydrogens is 256 g/mol. The number of nitrogens with one attached hydrogen (secondary N) is 2. The largest absolute Gasteiger partial charge is 0.444 e. The smallest absolute Gasteiger partial charge is 0.407 e. The van der Waals surface area contributed by atoms with Gasteiger partial charge in [-0.05, 0) is 27.7 Å². The van der Waals surface area contributed by atoms with Crippen molar-refractivity contribution in [2.45, 2.75) is 46.6 Å². The molecule has 0 fully saturated rings. The molecule has 0 saturated heterocycles. The second-order valence-corrected chi connectivity index (χ2v) is 5.53. The van der Waals surface area contributed by atoms with Crippen molar-refractivity contribution in [3.05, 3.63) is 17.6 Å². The lowest BCUT2D eigenvalue weighted by Gasteiger charge is -2.19. The summed E-state index contributed by atoms with van der Waals surface area (Å²) >= 11 is 0. The van der Waals surface area contributed by atoms with Crippen LogP contribution in [0, 0.1) is 6.92 Å². The fourth-order valence-electron chi connectivity index (χ4n) is 1.49. The van der Waals surface area contributed by atoms with Crippen molar-refractivity contribution in [2.75, 3.05) is 18.4 Å². The minimum atomic E-state index is -0.475. The van der Waals surface area contributed by atoms with Gasteiger partial charge in [-0.25, -0.2) is 14.8 Å². The van der Waals surface area contributed by atoms with Crippen molar-refractivity contribution in [1.82, 2.24) is 15.3 Å². The second kappa shape index (κ2) is 7.07. The number of rotatable bonds is 5. The molecule has 0 saturated carbocycles. The van der Waals surface area contributed by atoms with Gasteiger partial charge in [0, 0.05) is 31.3 Å². The van der Waals surface area contributed by atoms with Crippen molar-refractivity contribution in [2.24, 2.45) is 0 Å². The van der Waals surface area contributed by atoms with Crippen LogP contribution in [-0.2, 0) is 11.2 Å². The Bertz CT molecular complexity index is 455. The van der Waals surface area contributed by atoms with Crippen molar-refractivity contribution in [3.8, 4) is 0 Å². The summed E-state index contributed by atoms with van der Waals surface area (Å²) in [6.45, 7) is 10.5. The molecule has 0 bridgehead atoms. The SMILES string of the molecule is CCc1ncc(C)c(NCCNC(=O)OC(C)(C)C)n1. The van der Waals surface area contributed by atoms with Gasteiger partial charge in [-0.2, -0.15) is 0 Å². The predicted octanol–water partition coefficient (Wildman–Crippen LogP) is 2.28. The van der Waals surface area contributed by atoms with E-state index in [0.29, 0.717) is 13.1 Å². The standard InChI is InChI=1S/C14H24N4O2/c1-6-11-17-9-10(2)12(18-11)15-7-8-16-13(19)20-14(3,4)5/h9H,6-8H2,1-5H3,(H,16,19)(H,15,17,18). The van der Waals surface area contributed by atoms with Gasteiger partial charge in [-0.3, -0.25) is 0 Å². The third-order valence-corrected chi connectivity index (χ3v) is 2.42. The Kier molecular flexibility index (Phi) is 5.73. The highest BCUT2D eigenvalue weighted by molar-refractivity contribution is 5.67. The summed E-state index contributed by atoms with van der Waals surface area (Å²) in [5.41, 5.74) is 0.510. The average Bonchev–Trinajstić information content (AvgIpc) is 2.34. The van der Waals surface area contributed by atoms with E-state index in [2.05, 4.69) is 20.6 Å². The van der Waals surface area contributed by atoms with Gasteiger partial charge in [0.15, 0.2) is 0 Å². The number of alkyl carbamates (subject to hydrolysis) is 1. The molecule has 112 valence electrons. The molecule has 0 atom stereocenters. The van der Waals surface area contributed by atoms with Crippen LogP contribution < -0.4 is 10.6 Å². The molecule has 0 unspecified atom stereocenters. The van der Waals surface area contributed by atoms with Crippen LogP contribution in [0.1, 0.15) is 39.1 Å². The van der Waals surface area contributed by atoms with Gasteiger partial charge in [0.25, 0.3) is 0 Å². The van der Waals surface area contributed by atoms with E-state index < -0.39 is 11.7 Å². The van der Waals surface area contributed by atoms with E-state index in [9.17, 15) is 4.79 Å². The molecule has 1 heterocycles. The fraction of sp³-hybridized carbons (Fsp3) is 0.643. The van der Waals surface area contributed by atoms with Gasteiger partial charge in [0.2, 0.25) is 0 Å². The number of ether oxygens (including phenoxy) is 1. The quantitative estimate of drug-likeness (QED) is 0.809. The van der Waals surface area contributed by atoms with Gasteiger partial charge in [-0.15, -0.1) is 0 Å². The summed E-state index contributed by atoms with van der Waals surface area (Å²) in [5.74, 6) is 1.61. The van der Waals surface area contributed by atoms with Crippen LogP contribution in [0.2, 0.25) is 0 Å². The fourth-order valence-corrected chi connectivity index (χ4v) is 1.49. The van der Waals surface area contributed by atoms with Crippen LogP contribution in [-0.4, -0.2) is 34.8 Å². The molecular formula is C14H24N4O2. The lowest BCUT2D eigenvalue weighted by Crippen LogP contribution is -2.35. The summed E-state index contributed by atoms with van der Waals surface area (Å²) in [6, 6.07) is 0. The van der Waals surface area contributed by atoms with Crippen LogP contribution >= 0.6 is 0 Å². The van der Waals surface area contributed by atoms with Crippen molar-refractivity contribution >= 4 is 11.9 Å². The van der Waals surface area contributed by atoms with Gasteiger partial charge in [-0.1, -0.05) is 6.92 Å². The number of aromatic nitrogens is 2. The Morgan fingerprint density at radius 3 is 2.65 bits per heavy atom. The summed E-state index contributed by atoms with van der Waals surface area (Å²) < 4.78 is 5.15. The number of carbonyl (C=O) groups is 1. The molecule has 20 heavy (non-hydrogen) atoms. The summed E-state index contributed by atoms with van der Waals surface area (Å²) in [4.78, 5) is 20.1. The highest BCUT2D eigenvalue weighted by atomic mass is 16.6. The first-order valence-electron chi connectivity index (χ1n) is 6.85. The first-order valence-corrected chi connectivity index (χ1v) is 6.85. The second-order valence-electron chi connectivity index (χ2n) is 5.53. The number of amides is 1. The zero-order valence-electron chi connectivity index (χ0n) is 12.9. The molecule has 1 amide bonds. The molecule has 0 aromatic carbocycles. The van der Waals surface area contributed by atoms with Gasteiger partial charge in [0.05, 0.1) is 0 Å². The molecule has 1 rings (SSSR count). The van der Waals surface area contributed by atoms with Crippen LogP contribution in [0.3, 0.4) is 0 Å². The van der Waals surface area contributed by atoms with Crippen molar-refractivity contribution in [1.29, 1.82) is 0 Å². The van der Waals surface area contributed by atoms with E-state index in [-0.39, 0.29) is 0 Å². The Labute approximate surface area is 120 Å². The van der Waals surface area contributed by atoms with Crippen LogP contribution in [0.15, 0.2) is 6.20 Å². The number of carbonyl (C=O) groups excluding carboxylic acids is 1. The van der Waals surface area contributed by atoms with E-state index >= 15 is 0 Å². The third-order valence-electron chi connectivity index (χ3n) is 2.42. The molecule has 0 spiro atoms. The lowest BCUT2D eigenvalue weighted by atomic mass is 10.2. The van der Waals surface area contributed by atoms with E-state index in [1.165, 1.54) is 0 Å². The topological polar surface area (TPSA) is 76.1 Å². The highest BCUT2D eigenvalue weighted by Crippen LogP contribution is 2.09. The Morgan fingerprint density at radius 1 is 1.35 bits per heavy atom. The normalized spacial score (nSPS) is 11.1. The summed E-state index contributed by atoms with van der Waals surface area (Å²) in [5, 5.41) is 5.87. The minimum absolute atomic E-state index is 0.409. The molecule has 0 aliphatic heterocycles. The highest BCUT2D eigenvalue weighted by Gasteiger charge is 2.15. The third kappa shape index (κ3) is 5.86. The Hall–Kier alpha value is -1.85. The number of hydrogen-bond acceptors (Lipinski definition) is 5. The maximum atomic E-state index is 11.5. The maximum absolute atomic E-state index is 11.5. The van der Waals surface area contributed by atoms with Gasteiger partial charge in [0.1, 0.15) is 17.2 Å². The molecule has 0 aliphatic rings. The zero-order chi connectivity index (χ0) is 15.2. The monoisotopic (exact) mass is 280 g/mol. The molecule has 6 heteroatoms. The molecule has 6 nitrogen and oxygen atoms in total. The summed E-state index contributed by atoms with van der Waals surface area (Å²) in [6.07, 6.45) is 2.19. The number of aryl methyl sites for hydroxylation is 2. The Morgan fingerprint density at radius 2 is 2.05 bits per heavy atom. The molecule has 0 radical (unpaired) electrons. The predicted molar refractivity (Wildman–Crippen MR) is 78.9 cm³/mol. The lowest BCUT2D eigenvalue weighted by molar-refractivity contribution is 0.0530. The maximum Gasteiger partial charge on any atom is 0.407 e. The number of hydrogen-bond donors (Lipinski definition) is 2.